The van der Waals surface area contributed by atoms with Crippen LogP contribution in [0.15, 0.2) is 24.3 Å². The Hall–Kier alpha value is -1.53. The summed E-state index contributed by atoms with van der Waals surface area (Å²) in [6.07, 6.45) is 4.07. The van der Waals surface area contributed by atoms with Gasteiger partial charge in [0.15, 0.2) is 0 Å². The van der Waals surface area contributed by atoms with Crippen molar-refractivity contribution in [2.24, 2.45) is 5.73 Å². The first-order valence-corrected chi connectivity index (χ1v) is 6.49. The summed E-state index contributed by atoms with van der Waals surface area (Å²) in [5, 5.41) is 8.78. The largest absolute Gasteiger partial charge is 0.493 e. The molecule has 0 saturated carbocycles. The van der Waals surface area contributed by atoms with Gasteiger partial charge in [-0.15, -0.1) is 0 Å². The van der Waals surface area contributed by atoms with Gasteiger partial charge in [-0.3, -0.25) is 0 Å². The summed E-state index contributed by atoms with van der Waals surface area (Å²) in [6, 6.07) is 10.2. The van der Waals surface area contributed by atoms with E-state index in [1.807, 2.05) is 12.1 Å². The van der Waals surface area contributed by atoms with Crippen LogP contribution in [0.25, 0.3) is 0 Å². The van der Waals surface area contributed by atoms with E-state index >= 15 is 0 Å². The first-order valence-electron chi connectivity index (χ1n) is 6.49. The molecule has 0 aromatic heterocycles. The van der Waals surface area contributed by atoms with E-state index in [4.69, 9.17) is 15.7 Å². The van der Waals surface area contributed by atoms with Gasteiger partial charge in [0.25, 0.3) is 0 Å². The van der Waals surface area contributed by atoms with Crippen LogP contribution in [0.5, 0.6) is 5.75 Å². The van der Waals surface area contributed by atoms with Gasteiger partial charge in [0, 0.05) is 6.42 Å². The second-order valence-corrected chi connectivity index (χ2v) is 4.88. The number of ether oxygens (including phenoxy) is 1. The highest BCUT2D eigenvalue weighted by Crippen LogP contribution is 2.15. The van der Waals surface area contributed by atoms with Crippen molar-refractivity contribution >= 4 is 0 Å². The molecule has 18 heavy (non-hydrogen) atoms. The van der Waals surface area contributed by atoms with E-state index in [9.17, 15) is 0 Å². The van der Waals surface area contributed by atoms with Gasteiger partial charge >= 0.3 is 0 Å². The molecular weight excluding hydrogens is 224 g/mol. The highest BCUT2D eigenvalue weighted by molar-refractivity contribution is 5.27. The van der Waals surface area contributed by atoms with Crippen molar-refractivity contribution in [2.45, 2.75) is 45.1 Å². The number of benzene rings is 1. The molecule has 1 unspecified atom stereocenters. The number of nitrogens with two attached hydrogens (primary N) is 1. The summed E-state index contributed by atoms with van der Waals surface area (Å²) < 4.78 is 5.57. The van der Waals surface area contributed by atoms with Crippen molar-refractivity contribution in [3.05, 3.63) is 29.8 Å². The van der Waals surface area contributed by atoms with Crippen molar-refractivity contribution in [3.8, 4) is 11.8 Å². The van der Waals surface area contributed by atoms with E-state index in [1.54, 1.807) is 6.92 Å². The van der Waals surface area contributed by atoms with E-state index in [2.05, 4.69) is 25.1 Å². The summed E-state index contributed by atoms with van der Waals surface area (Å²) in [7, 11) is 0. The Morgan fingerprint density at radius 2 is 2.00 bits per heavy atom. The third kappa shape index (κ3) is 5.20. The highest BCUT2D eigenvalue weighted by atomic mass is 16.5. The Kier molecular flexibility index (Phi) is 5.67. The molecule has 0 heterocycles. The molecule has 0 radical (unpaired) electrons. The van der Waals surface area contributed by atoms with Gasteiger partial charge in [-0.2, -0.15) is 5.26 Å². The Labute approximate surface area is 110 Å². The van der Waals surface area contributed by atoms with Crippen LogP contribution in [0.1, 0.15) is 38.7 Å². The molecule has 1 aromatic rings. The van der Waals surface area contributed by atoms with Gasteiger partial charge in [0.1, 0.15) is 11.3 Å². The Bertz CT molecular complexity index is 390. The van der Waals surface area contributed by atoms with Crippen molar-refractivity contribution < 1.29 is 4.74 Å². The molecule has 0 spiro atoms. The predicted molar refractivity (Wildman–Crippen MR) is 73.4 cm³/mol. The van der Waals surface area contributed by atoms with E-state index in [1.165, 1.54) is 18.4 Å². The normalized spacial score (nSPS) is 13.7. The lowest BCUT2D eigenvalue weighted by Gasteiger charge is -2.15. The molecule has 2 N–H and O–H groups in total. The third-order valence-electron chi connectivity index (χ3n) is 2.89. The van der Waals surface area contributed by atoms with Crippen LogP contribution >= 0.6 is 0 Å². The van der Waals surface area contributed by atoms with Crippen LogP contribution in [0.2, 0.25) is 0 Å². The minimum atomic E-state index is -0.804. The van der Waals surface area contributed by atoms with Gasteiger partial charge in [0.2, 0.25) is 0 Å². The van der Waals surface area contributed by atoms with Crippen LogP contribution < -0.4 is 10.5 Å². The highest BCUT2D eigenvalue weighted by Gasteiger charge is 2.16. The van der Waals surface area contributed by atoms with Gasteiger partial charge < -0.3 is 10.5 Å². The monoisotopic (exact) mass is 246 g/mol. The zero-order chi connectivity index (χ0) is 13.4. The summed E-state index contributed by atoms with van der Waals surface area (Å²) in [6.45, 7) is 4.37. The first kappa shape index (κ1) is 14.5. The van der Waals surface area contributed by atoms with Gasteiger partial charge in [-0.25, -0.2) is 0 Å². The second kappa shape index (κ2) is 7.03. The van der Waals surface area contributed by atoms with E-state index < -0.39 is 5.54 Å². The van der Waals surface area contributed by atoms with Crippen LogP contribution in [-0.4, -0.2) is 12.1 Å². The molecule has 0 saturated heterocycles. The molecule has 3 heteroatoms. The minimum absolute atomic E-state index is 0.467. The van der Waals surface area contributed by atoms with Crippen molar-refractivity contribution in [2.75, 3.05) is 6.61 Å². The maximum Gasteiger partial charge on any atom is 0.119 e. The van der Waals surface area contributed by atoms with Gasteiger partial charge in [0.05, 0.1) is 12.7 Å². The fourth-order valence-corrected chi connectivity index (χ4v) is 1.57. The number of rotatable bonds is 7. The molecule has 0 amide bonds. The Morgan fingerprint density at radius 1 is 1.33 bits per heavy atom. The standard InChI is InChI=1S/C15H22N2O/c1-3-4-5-13-6-8-14(9-7-13)18-11-10-15(2,17)12-16/h6-9H,3-5,10-11,17H2,1-2H3. The molecule has 0 aliphatic carbocycles. The molecule has 0 bridgehead atoms. The second-order valence-electron chi connectivity index (χ2n) is 4.88. The summed E-state index contributed by atoms with van der Waals surface area (Å²) in [4.78, 5) is 0. The topological polar surface area (TPSA) is 59.0 Å². The molecule has 3 nitrogen and oxygen atoms in total. The third-order valence-corrected chi connectivity index (χ3v) is 2.89. The zero-order valence-electron chi connectivity index (χ0n) is 11.3. The minimum Gasteiger partial charge on any atom is -0.493 e. The lowest BCUT2D eigenvalue weighted by atomic mass is 10.0. The number of aryl methyl sites for hydroxylation is 1. The van der Waals surface area contributed by atoms with E-state index in [-0.39, 0.29) is 0 Å². The molecule has 0 aliphatic heterocycles. The van der Waals surface area contributed by atoms with E-state index in [0.717, 1.165) is 12.2 Å². The summed E-state index contributed by atoms with van der Waals surface area (Å²) >= 11 is 0. The summed E-state index contributed by atoms with van der Waals surface area (Å²) in [5.41, 5.74) is 6.25. The van der Waals surface area contributed by atoms with Crippen molar-refractivity contribution in [3.63, 3.8) is 0 Å². The quantitative estimate of drug-likeness (QED) is 0.804. The molecule has 1 aromatic carbocycles. The number of nitrogens with zero attached hydrogens (tertiary/aromatic N) is 1. The molecule has 1 rings (SSSR count). The number of hydrogen-bond donors (Lipinski definition) is 1. The van der Waals surface area contributed by atoms with Crippen LogP contribution in [0, 0.1) is 11.3 Å². The first-order chi connectivity index (χ1) is 8.57. The SMILES string of the molecule is CCCCc1ccc(OCCC(C)(N)C#N)cc1. The number of unbranched alkanes of at least 4 members (excludes halogenated alkanes) is 1. The molecule has 0 aliphatic rings. The smallest absolute Gasteiger partial charge is 0.119 e. The summed E-state index contributed by atoms with van der Waals surface area (Å²) in [5.74, 6) is 0.837. The van der Waals surface area contributed by atoms with Crippen molar-refractivity contribution in [1.82, 2.24) is 0 Å². The maximum absolute atomic E-state index is 8.78. The van der Waals surface area contributed by atoms with Gasteiger partial charge in [-0.05, 0) is 37.5 Å². The van der Waals surface area contributed by atoms with Crippen molar-refractivity contribution in [1.29, 1.82) is 5.26 Å². The van der Waals surface area contributed by atoms with Crippen LogP contribution in [-0.2, 0) is 6.42 Å². The fraction of sp³-hybridized carbons (Fsp3) is 0.533. The van der Waals surface area contributed by atoms with E-state index in [0.29, 0.717) is 13.0 Å². The lowest BCUT2D eigenvalue weighted by molar-refractivity contribution is 0.286. The Morgan fingerprint density at radius 3 is 2.56 bits per heavy atom. The van der Waals surface area contributed by atoms with Crippen LogP contribution in [0.3, 0.4) is 0 Å². The molecular formula is C15H22N2O. The van der Waals surface area contributed by atoms with Gasteiger partial charge in [-0.1, -0.05) is 25.5 Å². The number of hydrogen-bond acceptors (Lipinski definition) is 3. The molecule has 0 fully saturated rings. The number of nitriles is 1. The predicted octanol–water partition coefficient (Wildman–Crippen LogP) is 3.04. The fourth-order valence-electron chi connectivity index (χ4n) is 1.57. The average molecular weight is 246 g/mol. The molecule has 1 atom stereocenters. The van der Waals surface area contributed by atoms with Crippen LogP contribution in [0.4, 0.5) is 0 Å². The lowest BCUT2D eigenvalue weighted by Crippen LogP contribution is -2.35. The molecule has 98 valence electrons. The average Bonchev–Trinajstić information content (AvgIpc) is 2.38. The maximum atomic E-state index is 8.78. The zero-order valence-corrected chi connectivity index (χ0v) is 11.3. The Balaban J connectivity index is 2.38.